The number of hydrogen-bond acceptors (Lipinski definition) is 4. The molecule has 1 amide bonds. The van der Waals surface area contributed by atoms with Gasteiger partial charge in [-0.1, -0.05) is 30.3 Å². The molecular formula is C21H18FN3O4S. The number of carbonyl (C=O) groups excluding carboxylic acids is 1. The predicted molar refractivity (Wildman–Crippen MR) is 110 cm³/mol. The number of carbonyl (C=O) groups is 1. The van der Waals surface area contributed by atoms with Crippen LogP contribution in [0.4, 0.5) is 10.1 Å². The summed E-state index contributed by atoms with van der Waals surface area (Å²) in [6, 6.07) is 15.5. The molecule has 0 bridgehead atoms. The Bertz CT molecular complexity index is 1290. The zero-order valence-electron chi connectivity index (χ0n) is 15.8. The quantitative estimate of drug-likeness (QED) is 0.429. The van der Waals surface area contributed by atoms with E-state index in [2.05, 4.69) is 15.0 Å². The van der Waals surface area contributed by atoms with Gasteiger partial charge in [0.2, 0.25) is 0 Å². The molecule has 1 atom stereocenters. The number of amides is 1. The molecule has 0 aliphatic rings. The Balaban J connectivity index is 1.48. The Morgan fingerprint density at radius 1 is 1.10 bits per heavy atom. The number of nitrogens with one attached hydrogen (secondary N) is 3. The van der Waals surface area contributed by atoms with Crippen LogP contribution in [0.25, 0.3) is 11.0 Å². The van der Waals surface area contributed by atoms with Crippen LogP contribution < -0.4 is 10.0 Å². The molecule has 0 unspecified atom stereocenters. The molecule has 7 nitrogen and oxygen atoms in total. The highest BCUT2D eigenvalue weighted by Crippen LogP contribution is 2.24. The Labute approximate surface area is 172 Å². The van der Waals surface area contributed by atoms with Crippen molar-refractivity contribution in [2.45, 2.75) is 17.9 Å². The van der Waals surface area contributed by atoms with E-state index in [0.717, 1.165) is 11.5 Å². The van der Waals surface area contributed by atoms with Gasteiger partial charge >= 0.3 is 0 Å². The van der Waals surface area contributed by atoms with Gasteiger partial charge in [0, 0.05) is 11.6 Å². The minimum atomic E-state index is -4.07. The van der Waals surface area contributed by atoms with Gasteiger partial charge in [0.05, 0.1) is 11.7 Å². The van der Waals surface area contributed by atoms with Gasteiger partial charge < -0.3 is 14.7 Å². The van der Waals surface area contributed by atoms with Crippen LogP contribution in [0.5, 0.6) is 0 Å². The van der Waals surface area contributed by atoms with Crippen molar-refractivity contribution in [1.82, 2.24) is 10.3 Å². The van der Waals surface area contributed by atoms with Crippen molar-refractivity contribution in [2.24, 2.45) is 0 Å². The Kier molecular flexibility index (Phi) is 5.04. The van der Waals surface area contributed by atoms with E-state index in [4.69, 9.17) is 4.42 Å². The number of benzene rings is 2. The van der Waals surface area contributed by atoms with E-state index in [1.54, 1.807) is 6.92 Å². The SMILES string of the molecule is C[C@H](NC(=O)c1cc(S(=O)(=O)Nc2ccccc2F)c[nH]1)c1cc2ccccc2o1. The number of aromatic nitrogens is 1. The molecule has 4 rings (SSSR count). The molecule has 30 heavy (non-hydrogen) atoms. The highest BCUT2D eigenvalue weighted by Gasteiger charge is 2.21. The Morgan fingerprint density at radius 2 is 1.83 bits per heavy atom. The molecule has 3 N–H and O–H groups in total. The van der Waals surface area contributed by atoms with E-state index in [1.807, 2.05) is 30.3 Å². The lowest BCUT2D eigenvalue weighted by Gasteiger charge is -2.10. The van der Waals surface area contributed by atoms with E-state index in [9.17, 15) is 17.6 Å². The van der Waals surface area contributed by atoms with Crippen LogP contribution in [0.2, 0.25) is 0 Å². The van der Waals surface area contributed by atoms with Crippen LogP contribution >= 0.6 is 0 Å². The number of sulfonamides is 1. The summed E-state index contributed by atoms with van der Waals surface area (Å²) in [5, 5.41) is 3.68. The van der Waals surface area contributed by atoms with E-state index < -0.39 is 27.8 Å². The summed E-state index contributed by atoms with van der Waals surface area (Å²) in [4.78, 5) is 15.0. The van der Waals surface area contributed by atoms with Gasteiger partial charge in [-0.3, -0.25) is 9.52 Å². The number of furan rings is 1. The number of fused-ring (bicyclic) bond motifs is 1. The first-order valence-electron chi connectivity index (χ1n) is 9.08. The third-order valence-corrected chi connectivity index (χ3v) is 5.89. The molecule has 0 saturated carbocycles. The molecule has 0 fully saturated rings. The van der Waals surface area contributed by atoms with E-state index in [0.29, 0.717) is 11.3 Å². The summed E-state index contributed by atoms with van der Waals surface area (Å²) < 4.78 is 46.6. The lowest BCUT2D eigenvalue weighted by atomic mass is 10.2. The van der Waals surface area contributed by atoms with Gasteiger partial charge in [0.15, 0.2) is 0 Å². The first kappa shape index (κ1) is 19.7. The molecule has 154 valence electrons. The number of para-hydroxylation sites is 2. The van der Waals surface area contributed by atoms with Gasteiger partial charge in [-0.15, -0.1) is 0 Å². The fourth-order valence-corrected chi connectivity index (χ4v) is 4.03. The average Bonchev–Trinajstić information content (AvgIpc) is 3.37. The van der Waals surface area contributed by atoms with Crippen LogP contribution in [-0.2, 0) is 10.0 Å². The third kappa shape index (κ3) is 3.92. The van der Waals surface area contributed by atoms with Gasteiger partial charge in [-0.25, -0.2) is 12.8 Å². The molecule has 0 saturated heterocycles. The highest BCUT2D eigenvalue weighted by atomic mass is 32.2. The van der Waals surface area contributed by atoms with Crippen molar-refractivity contribution in [3.8, 4) is 0 Å². The maximum absolute atomic E-state index is 13.7. The normalized spacial score (nSPS) is 12.6. The largest absolute Gasteiger partial charge is 0.459 e. The van der Waals surface area contributed by atoms with Crippen LogP contribution in [-0.4, -0.2) is 19.3 Å². The first-order valence-corrected chi connectivity index (χ1v) is 10.6. The summed E-state index contributed by atoms with van der Waals surface area (Å²) >= 11 is 0. The van der Waals surface area contributed by atoms with Crippen LogP contribution in [0.3, 0.4) is 0 Å². The van der Waals surface area contributed by atoms with Gasteiger partial charge in [0.1, 0.15) is 27.7 Å². The predicted octanol–water partition coefficient (Wildman–Crippen LogP) is 4.19. The van der Waals surface area contributed by atoms with Gasteiger partial charge in [-0.2, -0.15) is 0 Å². The third-order valence-electron chi connectivity index (χ3n) is 4.55. The molecule has 0 aliphatic carbocycles. The number of H-pyrrole nitrogens is 1. The standard InChI is InChI=1S/C21H18FN3O4S/c1-13(20-10-14-6-2-5-9-19(14)29-20)24-21(26)18-11-15(12-23-18)30(27,28)25-17-8-4-3-7-16(17)22/h2-13,23,25H,1H3,(H,24,26)/t13-/m0/s1. The van der Waals surface area contributed by atoms with Crippen molar-refractivity contribution < 1.29 is 22.0 Å². The van der Waals surface area contributed by atoms with Crippen LogP contribution in [0, 0.1) is 5.82 Å². The molecule has 9 heteroatoms. The smallest absolute Gasteiger partial charge is 0.268 e. The summed E-state index contributed by atoms with van der Waals surface area (Å²) in [5.41, 5.74) is 0.580. The summed E-state index contributed by atoms with van der Waals surface area (Å²) in [5.74, 6) is -0.630. The van der Waals surface area contributed by atoms with Crippen LogP contribution in [0.15, 0.2) is 76.2 Å². The molecule has 0 radical (unpaired) electrons. The van der Waals surface area contributed by atoms with Gasteiger partial charge in [0.25, 0.3) is 15.9 Å². The van der Waals surface area contributed by atoms with Crippen molar-refractivity contribution in [3.05, 3.63) is 84.1 Å². The fraction of sp³-hybridized carbons (Fsp3) is 0.0952. The molecule has 2 aromatic heterocycles. The average molecular weight is 427 g/mol. The Morgan fingerprint density at radius 3 is 2.60 bits per heavy atom. The zero-order chi connectivity index (χ0) is 21.3. The summed E-state index contributed by atoms with van der Waals surface area (Å²) in [7, 11) is -4.07. The van der Waals surface area contributed by atoms with Crippen molar-refractivity contribution in [1.29, 1.82) is 0 Å². The second kappa shape index (κ2) is 7.68. The topological polar surface area (TPSA) is 104 Å². The minimum absolute atomic E-state index is 0.0480. The zero-order valence-corrected chi connectivity index (χ0v) is 16.7. The van der Waals surface area contributed by atoms with Crippen molar-refractivity contribution in [2.75, 3.05) is 4.72 Å². The minimum Gasteiger partial charge on any atom is -0.459 e. The van der Waals surface area contributed by atoms with Crippen LogP contribution in [0.1, 0.15) is 29.2 Å². The molecule has 2 aromatic carbocycles. The lowest BCUT2D eigenvalue weighted by Crippen LogP contribution is -2.26. The number of hydrogen-bond donors (Lipinski definition) is 3. The second-order valence-corrected chi connectivity index (χ2v) is 8.40. The molecule has 4 aromatic rings. The maximum atomic E-state index is 13.7. The summed E-state index contributed by atoms with van der Waals surface area (Å²) in [6.07, 6.45) is 1.17. The Hall–Kier alpha value is -3.59. The van der Waals surface area contributed by atoms with E-state index in [1.165, 1.54) is 30.5 Å². The maximum Gasteiger partial charge on any atom is 0.268 e. The molecular weight excluding hydrogens is 409 g/mol. The number of rotatable bonds is 6. The number of anilines is 1. The molecule has 0 aliphatic heterocycles. The van der Waals surface area contributed by atoms with E-state index >= 15 is 0 Å². The number of aromatic amines is 1. The highest BCUT2D eigenvalue weighted by molar-refractivity contribution is 7.92. The van der Waals surface area contributed by atoms with Gasteiger partial charge in [-0.05, 0) is 37.3 Å². The second-order valence-electron chi connectivity index (χ2n) is 6.72. The monoisotopic (exact) mass is 427 g/mol. The van der Waals surface area contributed by atoms with E-state index in [-0.39, 0.29) is 16.3 Å². The number of halogens is 1. The molecule has 0 spiro atoms. The lowest BCUT2D eigenvalue weighted by molar-refractivity contribution is 0.0931. The van der Waals surface area contributed by atoms with Crippen molar-refractivity contribution in [3.63, 3.8) is 0 Å². The fourth-order valence-electron chi connectivity index (χ4n) is 2.97. The first-order chi connectivity index (χ1) is 14.3. The summed E-state index contributed by atoms with van der Waals surface area (Å²) in [6.45, 7) is 1.76. The van der Waals surface area contributed by atoms with Crippen molar-refractivity contribution >= 4 is 32.6 Å². The molecule has 2 heterocycles.